The van der Waals surface area contributed by atoms with Gasteiger partial charge >= 0.3 is 0 Å². The minimum atomic E-state index is -0.410. The van der Waals surface area contributed by atoms with Gasteiger partial charge in [-0.2, -0.15) is 0 Å². The van der Waals surface area contributed by atoms with Crippen molar-refractivity contribution >= 4 is 6.47 Å². The first-order chi connectivity index (χ1) is 6.40. The van der Waals surface area contributed by atoms with Crippen molar-refractivity contribution in [3.05, 3.63) is 29.8 Å². The summed E-state index contributed by atoms with van der Waals surface area (Å²) in [5.41, 5.74) is 1.17. The maximum Gasteiger partial charge on any atom is 0.296 e. The second-order valence-corrected chi connectivity index (χ2v) is 2.93. The van der Waals surface area contributed by atoms with E-state index in [1.54, 1.807) is 0 Å². The van der Waals surface area contributed by atoms with Gasteiger partial charge in [-0.3, -0.25) is 4.79 Å². The lowest BCUT2D eigenvalue weighted by Crippen LogP contribution is -2.25. The summed E-state index contributed by atoms with van der Waals surface area (Å²) < 4.78 is 10.2. The molecule has 1 atom stereocenters. The Hall–Kier alpha value is -1.51. The van der Waals surface area contributed by atoms with Crippen LogP contribution in [0.5, 0.6) is 5.75 Å². The molecule has 0 fully saturated rings. The molecule has 1 aromatic carbocycles. The Morgan fingerprint density at radius 3 is 3.15 bits per heavy atom. The molecular formula is C10H10O3. The highest BCUT2D eigenvalue weighted by atomic mass is 16.7. The first-order valence-corrected chi connectivity index (χ1v) is 4.24. The lowest BCUT2D eigenvalue weighted by atomic mass is 10.1. The van der Waals surface area contributed by atoms with Crippen LogP contribution in [-0.2, 0) is 16.0 Å². The van der Waals surface area contributed by atoms with E-state index in [2.05, 4.69) is 0 Å². The van der Waals surface area contributed by atoms with Crippen LogP contribution >= 0.6 is 0 Å². The number of benzene rings is 1. The van der Waals surface area contributed by atoms with Crippen LogP contribution in [0.25, 0.3) is 0 Å². The van der Waals surface area contributed by atoms with Crippen molar-refractivity contribution in [1.29, 1.82) is 0 Å². The van der Waals surface area contributed by atoms with Crippen LogP contribution in [0.1, 0.15) is 12.0 Å². The first-order valence-electron chi connectivity index (χ1n) is 4.24. The van der Waals surface area contributed by atoms with Crippen LogP contribution in [0, 0.1) is 0 Å². The molecule has 68 valence electrons. The average molecular weight is 178 g/mol. The second-order valence-electron chi connectivity index (χ2n) is 2.93. The number of rotatable bonds is 2. The van der Waals surface area contributed by atoms with E-state index in [1.807, 2.05) is 24.3 Å². The lowest BCUT2D eigenvalue weighted by molar-refractivity contribution is -0.149. The SMILES string of the molecule is O=COC1CCc2ccccc2O1. The second kappa shape index (κ2) is 3.47. The molecule has 0 N–H and O–H groups in total. The Morgan fingerprint density at radius 2 is 2.31 bits per heavy atom. The average Bonchev–Trinajstić information content (AvgIpc) is 2.18. The zero-order chi connectivity index (χ0) is 9.10. The maximum absolute atomic E-state index is 10.1. The lowest BCUT2D eigenvalue weighted by Gasteiger charge is -2.23. The summed E-state index contributed by atoms with van der Waals surface area (Å²) in [4.78, 5) is 10.1. The molecule has 1 unspecified atom stereocenters. The predicted octanol–water partition coefficient (Wildman–Crippen LogP) is 1.51. The van der Waals surface area contributed by atoms with Crippen molar-refractivity contribution in [3.8, 4) is 5.75 Å². The van der Waals surface area contributed by atoms with E-state index in [0.29, 0.717) is 6.47 Å². The van der Waals surface area contributed by atoms with E-state index < -0.39 is 6.29 Å². The molecule has 0 amide bonds. The van der Waals surface area contributed by atoms with Gasteiger partial charge in [0.05, 0.1) is 0 Å². The number of fused-ring (bicyclic) bond motifs is 1. The number of carbonyl (C=O) groups excluding carboxylic acids is 1. The van der Waals surface area contributed by atoms with Gasteiger partial charge in [-0.1, -0.05) is 18.2 Å². The Labute approximate surface area is 76.3 Å². The van der Waals surface area contributed by atoms with Crippen molar-refractivity contribution in [2.24, 2.45) is 0 Å². The number of hydrogen-bond donors (Lipinski definition) is 0. The Kier molecular flexibility index (Phi) is 2.17. The van der Waals surface area contributed by atoms with Crippen LogP contribution in [0.4, 0.5) is 0 Å². The fourth-order valence-corrected chi connectivity index (χ4v) is 1.46. The number of carbonyl (C=O) groups is 1. The molecule has 3 nitrogen and oxygen atoms in total. The summed E-state index contributed by atoms with van der Waals surface area (Å²) in [6.07, 6.45) is 1.22. The van der Waals surface area contributed by atoms with Crippen molar-refractivity contribution in [3.63, 3.8) is 0 Å². The summed E-state index contributed by atoms with van der Waals surface area (Å²) in [6.45, 7) is 0.429. The molecule has 1 aromatic rings. The van der Waals surface area contributed by atoms with Gasteiger partial charge in [-0.05, 0) is 18.1 Å². The third-order valence-corrected chi connectivity index (χ3v) is 2.09. The molecule has 1 heterocycles. The van der Waals surface area contributed by atoms with Crippen molar-refractivity contribution in [1.82, 2.24) is 0 Å². The number of ether oxygens (including phenoxy) is 2. The van der Waals surface area contributed by atoms with Gasteiger partial charge in [0.25, 0.3) is 6.47 Å². The van der Waals surface area contributed by atoms with E-state index in [0.717, 1.165) is 18.6 Å². The van der Waals surface area contributed by atoms with Gasteiger partial charge in [0.15, 0.2) is 0 Å². The van der Waals surface area contributed by atoms with Gasteiger partial charge in [-0.25, -0.2) is 0 Å². The van der Waals surface area contributed by atoms with Gasteiger partial charge in [0.2, 0.25) is 6.29 Å². The Balaban J connectivity index is 2.15. The maximum atomic E-state index is 10.1. The van der Waals surface area contributed by atoms with Crippen LogP contribution in [0.15, 0.2) is 24.3 Å². The molecule has 0 bridgehead atoms. The molecule has 0 radical (unpaired) electrons. The molecular weight excluding hydrogens is 168 g/mol. The van der Waals surface area contributed by atoms with E-state index in [-0.39, 0.29) is 0 Å². The standard InChI is InChI=1S/C10H10O3/c11-7-12-10-6-5-8-3-1-2-4-9(8)13-10/h1-4,7,10H,5-6H2. The third kappa shape index (κ3) is 1.64. The molecule has 3 heteroatoms. The topological polar surface area (TPSA) is 35.5 Å². The van der Waals surface area contributed by atoms with E-state index >= 15 is 0 Å². The van der Waals surface area contributed by atoms with E-state index in [9.17, 15) is 4.79 Å². The first kappa shape index (κ1) is 8.10. The highest BCUT2D eigenvalue weighted by Crippen LogP contribution is 2.26. The molecule has 0 aliphatic carbocycles. The van der Waals surface area contributed by atoms with Crippen LogP contribution in [-0.4, -0.2) is 12.8 Å². The molecule has 1 aliphatic heterocycles. The van der Waals surface area contributed by atoms with Crippen molar-refractivity contribution < 1.29 is 14.3 Å². The summed E-state index contributed by atoms with van der Waals surface area (Å²) in [6, 6.07) is 7.79. The normalized spacial score (nSPS) is 19.8. The summed E-state index contributed by atoms with van der Waals surface area (Å²) >= 11 is 0. The molecule has 13 heavy (non-hydrogen) atoms. The van der Waals surface area contributed by atoms with Gasteiger partial charge in [0, 0.05) is 6.42 Å². The van der Waals surface area contributed by atoms with Gasteiger partial charge in [-0.15, -0.1) is 0 Å². The quantitative estimate of drug-likeness (QED) is 0.644. The fourth-order valence-electron chi connectivity index (χ4n) is 1.46. The van der Waals surface area contributed by atoms with E-state index in [1.165, 1.54) is 5.56 Å². The van der Waals surface area contributed by atoms with Crippen molar-refractivity contribution in [2.45, 2.75) is 19.1 Å². The smallest absolute Gasteiger partial charge is 0.296 e. The number of aryl methyl sites for hydroxylation is 1. The molecule has 0 saturated heterocycles. The highest BCUT2D eigenvalue weighted by molar-refractivity contribution is 5.39. The Bertz CT molecular complexity index is 309. The van der Waals surface area contributed by atoms with Crippen LogP contribution < -0.4 is 4.74 Å². The minimum absolute atomic E-state index is 0.410. The fraction of sp³-hybridized carbons (Fsp3) is 0.300. The van der Waals surface area contributed by atoms with E-state index in [4.69, 9.17) is 9.47 Å². The number of para-hydroxylation sites is 1. The third-order valence-electron chi connectivity index (χ3n) is 2.09. The highest BCUT2D eigenvalue weighted by Gasteiger charge is 2.19. The molecule has 0 spiro atoms. The number of hydrogen-bond acceptors (Lipinski definition) is 3. The molecule has 1 aliphatic rings. The summed E-state index contributed by atoms with van der Waals surface area (Å²) in [5.74, 6) is 0.820. The monoisotopic (exact) mass is 178 g/mol. The zero-order valence-corrected chi connectivity index (χ0v) is 7.10. The molecule has 0 saturated carbocycles. The summed E-state index contributed by atoms with van der Waals surface area (Å²) in [5, 5.41) is 0. The molecule has 0 aromatic heterocycles. The van der Waals surface area contributed by atoms with Gasteiger partial charge in [0.1, 0.15) is 5.75 Å². The zero-order valence-electron chi connectivity index (χ0n) is 7.10. The minimum Gasteiger partial charge on any atom is -0.455 e. The van der Waals surface area contributed by atoms with Crippen LogP contribution in [0.3, 0.4) is 0 Å². The van der Waals surface area contributed by atoms with Crippen LogP contribution in [0.2, 0.25) is 0 Å². The molecule has 2 rings (SSSR count). The Morgan fingerprint density at radius 1 is 1.46 bits per heavy atom. The van der Waals surface area contributed by atoms with Crippen molar-refractivity contribution in [2.75, 3.05) is 0 Å². The predicted molar refractivity (Wildman–Crippen MR) is 46.3 cm³/mol. The summed E-state index contributed by atoms with van der Waals surface area (Å²) in [7, 11) is 0. The largest absolute Gasteiger partial charge is 0.455 e. The van der Waals surface area contributed by atoms with Gasteiger partial charge < -0.3 is 9.47 Å².